The van der Waals surface area contributed by atoms with Crippen LogP contribution in [0, 0.1) is 0 Å². The van der Waals surface area contributed by atoms with E-state index in [1.54, 1.807) is 4.90 Å². The summed E-state index contributed by atoms with van der Waals surface area (Å²) in [5.74, 6) is -0.907. The standard InChI is InChI=1S/C17H24N2O4/c20-16(21)6-10-18-17(22)19-11-7-15(8-12-19)23-13-9-14-4-2-1-3-5-14/h1-5,15H,6-13H2,(H,18,22)(H,20,21). The Morgan fingerprint density at radius 2 is 1.91 bits per heavy atom. The topological polar surface area (TPSA) is 78.9 Å². The molecule has 1 saturated heterocycles. The normalized spacial score (nSPS) is 15.4. The van der Waals surface area contributed by atoms with Gasteiger partial charge in [-0.2, -0.15) is 0 Å². The molecule has 0 radical (unpaired) electrons. The van der Waals surface area contributed by atoms with Crippen molar-refractivity contribution in [3.63, 3.8) is 0 Å². The molecule has 0 bridgehead atoms. The summed E-state index contributed by atoms with van der Waals surface area (Å²) in [6.07, 6.45) is 2.69. The number of aliphatic carboxylic acids is 1. The summed E-state index contributed by atoms with van der Waals surface area (Å²) in [7, 11) is 0. The van der Waals surface area contributed by atoms with Crippen LogP contribution in [0.1, 0.15) is 24.8 Å². The van der Waals surface area contributed by atoms with Crippen LogP contribution >= 0.6 is 0 Å². The first kappa shape index (κ1) is 17.3. The first-order chi connectivity index (χ1) is 11.1. The van der Waals surface area contributed by atoms with Gasteiger partial charge in [0, 0.05) is 19.6 Å². The number of hydrogen-bond donors (Lipinski definition) is 2. The summed E-state index contributed by atoms with van der Waals surface area (Å²) >= 11 is 0. The summed E-state index contributed by atoms with van der Waals surface area (Å²) in [4.78, 5) is 24.0. The van der Waals surface area contributed by atoms with Gasteiger partial charge < -0.3 is 20.1 Å². The molecule has 1 heterocycles. The maximum atomic E-state index is 11.9. The minimum Gasteiger partial charge on any atom is -0.481 e. The molecule has 2 N–H and O–H groups in total. The van der Waals surface area contributed by atoms with Gasteiger partial charge in [-0.25, -0.2) is 4.79 Å². The van der Waals surface area contributed by atoms with Gasteiger partial charge in [0.05, 0.1) is 19.1 Å². The quantitative estimate of drug-likeness (QED) is 0.804. The predicted molar refractivity (Wildman–Crippen MR) is 86.3 cm³/mol. The summed E-state index contributed by atoms with van der Waals surface area (Å²) in [6, 6.07) is 10.0. The van der Waals surface area contributed by atoms with E-state index in [0.29, 0.717) is 19.7 Å². The van der Waals surface area contributed by atoms with E-state index in [1.165, 1.54) is 5.56 Å². The Morgan fingerprint density at radius 1 is 1.22 bits per heavy atom. The van der Waals surface area contributed by atoms with Gasteiger partial charge >= 0.3 is 12.0 Å². The maximum Gasteiger partial charge on any atom is 0.317 e. The first-order valence-corrected chi connectivity index (χ1v) is 8.05. The number of carbonyl (C=O) groups excluding carboxylic acids is 1. The Hall–Kier alpha value is -2.08. The molecule has 1 aliphatic rings. The fourth-order valence-corrected chi connectivity index (χ4v) is 2.60. The van der Waals surface area contributed by atoms with Crippen molar-refractivity contribution in [3.05, 3.63) is 35.9 Å². The van der Waals surface area contributed by atoms with Gasteiger partial charge in [0.1, 0.15) is 0 Å². The summed E-state index contributed by atoms with van der Waals surface area (Å²) in [5.41, 5.74) is 1.27. The second-order valence-electron chi connectivity index (χ2n) is 5.67. The number of piperidine rings is 1. The van der Waals surface area contributed by atoms with Gasteiger partial charge in [-0.3, -0.25) is 4.79 Å². The third-order valence-corrected chi connectivity index (χ3v) is 3.93. The molecule has 1 aromatic rings. The number of carbonyl (C=O) groups is 2. The average Bonchev–Trinajstić information content (AvgIpc) is 2.56. The number of ether oxygens (including phenoxy) is 1. The fraction of sp³-hybridized carbons (Fsp3) is 0.529. The number of hydrogen-bond acceptors (Lipinski definition) is 3. The Kier molecular flexibility index (Phi) is 6.87. The van der Waals surface area contributed by atoms with Crippen molar-refractivity contribution in [1.82, 2.24) is 10.2 Å². The van der Waals surface area contributed by atoms with Crippen LogP contribution in [0.3, 0.4) is 0 Å². The molecule has 6 heteroatoms. The fourth-order valence-electron chi connectivity index (χ4n) is 2.60. The van der Waals surface area contributed by atoms with E-state index in [9.17, 15) is 9.59 Å². The molecule has 23 heavy (non-hydrogen) atoms. The van der Waals surface area contributed by atoms with E-state index in [1.807, 2.05) is 18.2 Å². The lowest BCUT2D eigenvalue weighted by atomic mass is 10.1. The number of carboxylic acids is 1. The van der Waals surface area contributed by atoms with Crippen LogP contribution in [0.2, 0.25) is 0 Å². The van der Waals surface area contributed by atoms with Gasteiger partial charge in [0.25, 0.3) is 0 Å². The highest BCUT2D eigenvalue weighted by atomic mass is 16.5. The van der Waals surface area contributed by atoms with Crippen molar-refractivity contribution in [1.29, 1.82) is 0 Å². The molecule has 2 amide bonds. The van der Waals surface area contributed by atoms with Crippen LogP contribution in [0.15, 0.2) is 30.3 Å². The molecule has 0 atom stereocenters. The molecule has 6 nitrogen and oxygen atoms in total. The highest BCUT2D eigenvalue weighted by molar-refractivity contribution is 5.75. The third kappa shape index (κ3) is 6.28. The van der Waals surface area contributed by atoms with Crippen LogP contribution in [-0.4, -0.2) is 54.4 Å². The van der Waals surface area contributed by atoms with Gasteiger partial charge in [-0.05, 0) is 24.8 Å². The van der Waals surface area contributed by atoms with Crippen molar-refractivity contribution in [3.8, 4) is 0 Å². The van der Waals surface area contributed by atoms with Crippen LogP contribution in [0.5, 0.6) is 0 Å². The van der Waals surface area contributed by atoms with E-state index in [2.05, 4.69) is 17.4 Å². The zero-order valence-corrected chi connectivity index (χ0v) is 13.2. The lowest BCUT2D eigenvalue weighted by Crippen LogP contribution is -2.46. The van der Waals surface area contributed by atoms with Gasteiger partial charge in [-0.15, -0.1) is 0 Å². The van der Waals surface area contributed by atoms with E-state index in [-0.39, 0.29) is 25.1 Å². The molecular weight excluding hydrogens is 296 g/mol. The van der Waals surface area contributed by atoms with Gasteiger partial charge in [0.2, 0.25) is 0 Å². The molecule has 0 aromatic heterocycles. The van der Waals surface area contributed by atoms with Crippen molar-refractivity contribution < 1.29 is 19.4 Å². The number of nitrogens with zero attached hydrogens (tertiary/aromatic N) is 1. The molecule has 126 valence electrons. The van der Waals surface area contributed by atoms with E-state index in [4.69, 9.17) is 9.84 Å². The molecule has 2 rings (SSSR count). The van der Waals surface area contributed by atoms with E-state index in [0.717, 1.165) is 19.3 Å². The molecule has 1 aromatic carbocycles. The summed E-state index contributed by atoms with van der Waals surface area (Å²) in [5, 5.41) is 11.2. The van der Waals surface area contributed by atoms with E-state index < -0.39 is 5.97 Å². The number of urea groups is 1. The zero-order chi connectivity index (χ0) is 16.5. The van der Waals surface area contributed by atoms with Gasteiger partial charge in [-0.1, -0.05) is 30.3 Å². The lowest BCUT2D eigenvalue weighted by molar-refractivity contribution is -0.136. The summed E-state index contributed by atoms with van der Waals surface area (Å²) in [6.45, 7) is 2.16. The molecular formula is C17H24N2O4. The summed E-state index contributed by atoms with van der Waals surface area (Å²) < 4.78 is 5.89. The van der Waals surface area contributed by atoms with Crippen LogP contribution in [-0.2, 0) is 16.0 Å². The molecule has 1 fully saturated rings. The first-order valence-electron chi connectivity index (χ1n) is 8.05. The van der Waals surface area contributed by atoms with Crippen LogP contribution in [0.25, 0.3) is 0 Å². The molecule has 0 unspecified atom stereocenters. The smallest absolute Gasteiger partial charge is 0.317 e. The average molecular weight is 320 g/mol. The number of benzene rings is 1. The van der Waals surface area contributed by atoms with Crippen molar-refractivity contribution in [2.45, 2.75) is 31.8 Å². The Bertz CT molecular complexity index is 499. The number of amides is 2. The monoisotopic (exact) mass is 320 g/mol. The zero-order valence-electron chi connectivity index (χ0n) is 13.2. The van der Waals surface area contributed by atoms with E-state index >= 15 is 0 Å². The number of carboxylic acid groups (broad SMARTS) is 1. The Morgan fingerprint density at radius 3 is 2.57 bits per heavy atom. The number of nitrogens with one attached hydrogen (secondary N) is 1. The molecule has 1 aliphatic heterocycles. The van der Waals surface area contributed by atoms with Crippen molar-refractivity contribution >= 4 is 12.0 Å². The Labute approximate surface area is 136 Å². The number of likely N-dealkylation sites (tertiary alicyclic amines) is 1. The largest absolute Gasteiger partial charge is 0.481 e. The molecule has 0 saturated carbocycles. The second kappa shape index (κ2) is 9.15. The predicted octanol–water partition coefficient (Wildman–Crippen LogP) is 1.89. The highest BCUT2D eigenvalue weighted by Crippen LogP contribution is 2.14. The van der Waals surface area contributed by atoms with Crippen molar-refractivity contribution in [2.75, 3.05) is 26.2 Å². The van der Waals surface area contributed by atoms with Crippen LogP contribution < -0.4 is 5.32 Å². The minimum atomic E-state index is -0.907. The van der Waals surface area contributed by atoms with Gasteiger partial charge in [0.15, 0.2) is 0 Å². The Balaban J connectivity index is 1.60. The molecule has 0 aliphatic carbocycles. The van der Waals surface area contributed by atoms with Crippen LogP contribution in [0.4, 0.5) is 4.79 Å². The maximum absolute atomic E-state index is 11.9. The second-order valence-corrected chi connectivity index (χ2v) is 5.67. The minimum absolute atomic E-state index is 0.0508. The highest BCUT2D eigenvalue weighted by Gasteiger charge is 2.22. The third-order valence-electron chi connectivity index (χ3n) is 3.93. The SMILES string of the molecule is O=C(O)CCNC(=O)N1CCC(OCCc2ccccc2)CC1. The molecule has 0 spiro atoms. The number of rotatable bonds is 7. The lowest BCUT2D eigenvalue weighted by Gasteiger charge is -2.32. The van der Waals surface area contributed by atoms with Crippen molar-refractivity contribution in [2.24, 2.45) is 0 Å².